The number of carbonyl (C=O) groups excluding carboxylic acids is 1. The zero-order valence-electron chi connectivity index (χ0n) is 10.0. The second kappa shape index (κ2) is 4.83. The first-order chi connectivity index (χ1) is 8.58. The van der Waals surface area contributed by atoms with Gasteiger partial charge in [-0.3, -0.25) is 4.79 Å². The van der Waals surface area contributed by atoms with E-state index in [9.17, 15) is 4.79 Å². The maximum absolute atomic E-state index is 12.0. The van der Waals surface area contributed by atoms with Crippen LogP contribution in [0.15, 0.2) is 41.0 Å². The molecule has 94 valence electrons. The number of carbonyl (C=O) groups is 1. The van der Waals surface area contributed by atoms with Crippen molar-refractivity contribution in [2.24, 2.45) is 0 Å². The zero-order valence-corrected chi connectivity index (χ0v) is 10.0. The van der Waals surface area contributed by atoms with Crippen LogP contribution < -0.4 is 16.8 Å². The minimum absolute atomic E-state index is 0.218. The standard InChI is InChI=1S/C13H15N3O2/c1-8(12-3-2-6-18-12)16-13(17)10-5-4-9(14)7-11(10)15/h2-8H,14-15H2,1H3,(H,16,17). The number of benzene rings is 1. The van der Waals surface area contributed by atoms with Gasteiger partial charge in [-0.25, -0.2) is 0 Å². The Hall–Kier alpha value is -2.43. The van der Waals surface area contributed by atoms with Gasteiger partial charge in [0.1, 0.15) is 5.76 Å². The molecule has 0 saturated heterocycles. The van der Waals surface area contributed by atoms with Crippen LogP contribution in [0.5, 0.6) is 0 Å². The lowest BCUT2D eigenvalue weighted by Gasteiger charge is -2.12. The maximum Gasteiger partial charge on any atom is 0.253 e. The maximum atomic E-state index is 12.0. The van der Waals surface area contributed by atoms with Gasteiger partial charge >= 0.3 is 0 Å². The number of furan rings is 1. The molecule has 0 aliphatic heterocycles. The Morgan fingerprint density at radius 3 is 2.72 bits per heavy atom. The summed E-state index contributed by atoms with van der Waals surface area (Å²) >= 11 is 0. The van der Waals surface area contributed by atoms with Crippen molar-refractivity contribution >= 4 is 17.3 Å². The fourth-order valence-corrected chi connectivity index (χ4v) is 1.67. The predicted octanol–water partition coefficient (Wildman–Crippen LogP) is 1.94. The van der Waals surface area contributed by atoms with Crippen molar-refractivity contribution in [2.45, 2.75) is 13.0 Å². The second-order valence-electron chi connectivity index (χ2n) is 4.06. The minimum Gasteiger partial charge on any atom is -0.467 e. The molecule has 5 N–H and O–H groups in total. The highest BCUT2D eigenvalue weighted by Crippen LogP contribution is 2.18. The van der Waals surface area contributed by atoms with Crippen LogP contribution in [0.2, 0.25) is 0 Å². The van der Waals surface area contributed by atoms with Crippen LogP contribution in [0.3, 0.4) is 0 Å². The average Bonchev–Trinajstić information content (AvgIpc) is 2.81. The highest BCUT2D eigenvalue weighted by atomic mass is 16.3. The summed E-state index contributed by atoms with van der Waals surface area (Å²) < 4.78 is 5.22. The van der Waals surface area contributed by atoms with Crippen LogP contribution in [0, 0.1) is 0 Å². The smallest absolute Gasteiger partial charge is 0.253 e. The third-order valence-electron chi connectivity index (χ3n) is 2.64. The summed E-state index contributed by atoms with van der Waals surface area (Å²) in [6, 6.07) is 8.17. The Bertz CT molecular complexity index is 549. The first-order valence-electron chi connectivity index (χ1n) is 5.57. The van der Waals surface area contributed by atoms with E-state index in [2.05, 4.69) is 5.32 Å². The number of nitrogen functional groups attached to an aromatic ring is 2. The average molecular weight is 245 g/mol. The second-order valence-corrected chi connectivity index (χ2v) is 4.06. The molecule has 2 aromatic rings. The molecule has 0 bridgehead atoms. The van der Waals surface area contributed by atoms with Crippen LogP contribution in [0.4, 0.5) is 11.4 Å². The Kier molecular flexibility index (Phi) is 3.23. The molecule has 2 rings (SSSR count). The van der Waals surface area contributed by atoms with Crippen molar-refractivity contribution in [3.05, 3.63) is 47.9 Å². The summed E-state index contributed by atoms with van der Waals surface area (Å²) in [5.41, 5.74) is 12.6. The minimum atomic E-state index is -0.253. The largest absolute Gasteiger partial charge is 0.467 e. The summed E-state index contributed by atoms with van der Waals surface area (Å²) in [7, 11) is 0. The molecule has 1 aromatic carbocycles. The number of nitrogens with one attached hydrogen (secondary N) is 1. The number of anilines is 2. The third kappa shape index (κ3) is 2.45. The summed E-state index contributed by atoms with van der Waals surface area (Å²) in [5.74, 6) is 0.439. The van der Waals surface area contributed by atoms with E-state index in [-0.39, 0.29) is 11.9 Å². The monoisotopic (exact) mass is 245 g/mol. The van der Waals surface area contributed by atoms with Gasteiger partial charge in [0.05, 0.1) is 17.9 Å². The van der Waals surface area contributed by atoms with E-state index in [0.717, 1.165) is 0 Å². The fourth-order valence-electron chi connectivity index (χ4n) is 1.67. The molecule has 5 heteroatoms. The van der Waals surface area contributed by atoms with Gasteiger partial charge in [0, 0.05) is 11.4 Å². The molecule has 0 saturated carbocycles. The number of hydrogen-bond acceptors (Lipinski definition) is 4. The van der Waals surface area contributed by atoms with Crippen LogP contribution in [-0.4, -0.2) is 5.91 Å². The van der Waals surface area contributed by atoms with Gasteiger partial charge in [-0.1, -0.05) is 0 Å². The van der Waals surface area contributed by atoms with Gasteiger partial charge in [0.2, 0.25) is 0 Å². The van der Waals surface area contributed by atoms with Gasteiger partial charge in [-0.15, -0.1) is 0 Å². The summed E-state index contributed by atoms with van der Waals surface area (Å²) in [6.45, 7) is 1.84. The van der Waals surface area contributed by atoms with Gasteiger partial charge in [-0.05, 0) is 37.3 Å². The van der Waals surface area contributed by atoms with Crippen LogP contribution in [0.1, 0.15) is 29.1 Å². The van der Waals surface area contributed by atoms with Crippen molar-refractivity contribution in [1.29, 1.82) is 0 Å². The number of nitrogens with two attached hydrogens (primary N) is 2. The lowest BCUT2D eigenvalue weighted by Crippen LogP contribution is -2.27. The first kappa shape index (κ1) is 12.0. The Morgan fingerprint density at radius 2 is 2.11 bits per heavy atom. The Labute approximate surface area is 105 Å². The SMILES string of the molecule is CC(NC(=O)c1ccc(N)cc1N)c1ccco1. The van der Waals surface area contributed by atoms with E-state index in [1.54, 1.807) is 36.6 Å². The van der Waals surface area contributed by atoms with Gasteiger partial charge < -0.3 is 21.2 Å². The quantitative estimate of drug-likeness (QED) is 0.720. The summed E-state index contributed by atoms with van der Waals surface area (Å²) in [6.07, 6.45) is 1.57. The van der Waals surface area contributed by atoms with E-state index in [4.69, 9.17) is 15.9 Å². The molecule has 1 amide bonds. The van der Waals surface area contributed by atoms with E-state index in [0.29, 0.717) is 22.7 Å². The molecule has 0 aliphatic rings. The van der Waals surface area contributed by atoms with Crippen molar-refractivity contribution in [1.82, 2.24) is 5.32 Å². The molecule has 0 fully saturated rings. The zero-order chi connectivity index (χ0) is 13.1. The summed E-state index contributed by atoms with van der Waals surface area (Å²) in [4.78, 5) is 12.0. The molecule has 5 nitrogen and oxygen atoms in total. The Morgan fingerprint density at radius 1 is 1.33 bits per heavy atom. The first-order valence-corrected chi connectivity index (χ1v) is 5.57. The molecule has 0 spiro atoms. The molecule has 18 heavy (non-hydrogen) atoms. The highest BCUT2D eigenvalue weighted by molar-refractivity contribution is 5.99. The van der Waals surface area contributed by atoms with Gasteiger partial charge in [0.15, 0.2) is 0 Å². The van der Waals surface area contributed by atoms with Crippen molar-refractivity contribution in [2.75, 3.05) is 11.5 Å². The van der Waals surface area contributed by atoms with Crippen LogP contribution in [0.25, 0.3) is 0 Å². The third-order valence-corrected chi connectivity index (χ3v) is 2.64. The van der Waals surface area contributed by atoms with Gasteiger partial charge in [0.25, 0.3) is 5.91 Å². The molecule has 0 aliphatic carbocycles. The molecule has 0 radical (unpaired) electrons. The van der Waals surface area contributed by atoms with E-state index in [1.165, 1.54) is 0 Å². The normalized spacial score (nSPS) is 12.1. The van der Waals surface area contributed by atoms with E-state index in [1.807, 2.05) is 6.92 Å². The Balaban J connectivity index is 2.12. The van der Waals surface area contributed by atoms with E-state index >= 15 is 0 Å². The lowest BCUT2D eigenvalue weighted by atomic mass is 10.1. The number of rotatable bonds is 3. The van der Waals surface area contributed by atoms with Crippen LogP contribution >= 0.6 is 0 Å². The molecule has 1 unspecified atom stereocenters. The number of hydrogen-bond donors (Lipinski definition) is 3. The number of amides is 1. The summed E-state index contributed by atoms with van der Waals surface area (Å²) in [5, 5.41) is 2.81. The molecule has 1 aromatic heterocycles. The topological polar surface area (TPSA) is 94.3 Å². The molecule has 1 heterocycles. The van der Waals surface area contributed by atoms with Crippen molar-refractivity contribution in [3.8, 4) is 0 Å². The predicted molar refractivity (Wildman–Crippen MR) is 69.9 cm³/mol. The highest BCUT2D eigenvalue weighted by Gasteiger charge is 2.15. The molecular formula is C13H15N3O2. The van der Waals surface area contributed by atoms with Crippen molar-refractivity contribution < 1.29 is 9.21 Å². The van der Waals surface area contributed by atoms with Crippen LogP contribution in [-0.2, 0) is 0 Å². The van der Waals surface area contributed by atoms with Gasteiger partial charge in [-0.2, -0.15) is 0 Å². The molecule has 1 atom stereocenters. The lowest BCUT2D eigenvalue weighted by molar-refractivity contribution is 0.0936. The molecular weight excluding hydrogens is 230 g/mol. The fraction of sp³-hybridized carbons (Fsp3) is 0.154. The van der Waals surface area contributed by atoms with E-state index < -0.39 is 0 Å². The van der Waals surface area contributed by atoms with Crippen molar-refractivity contribution in [3.63, 3.8) is 0 Å².